The molecule has 0 radical (unpaired) electrons. The van der Waals surface area contributed by atoms with Gasteiger partial charge in [-0.1, -0.05) is 24.3 Å². The van der Waals surface area contributed by atoms with Gasteiger partial charge >= 0.3 is 0 Å². The Kier molecular flexibility index (Phi) is 7.52. The predicted molar refractivity (Wildman–Crippen MR) is 109 cm³/mol. The molecule has 1 fully saturated rings. The molecule has 3 rings (SSSR count). The third-order valence-corrected chi connectivity index (χ3v) is 5.35. The average Bonchev–Trinajstić information content (AvgIpc) is 2.76. The summed E-state index contributed by atoms with van der Waals surface area (Å²) < 4.78 is 32.4. The molecule has 1 aliphatic rings. The summed E-state index contributed by atoms with van der Waals surface area (Å²) in [5, 5.41) is 2.98. The highest BCUT2D eigenvalue weighted by Crippen LogP contribution is 2.21. The third-order valence-electron chi connectivity index (χ3n) is 5.35. The van der Waals surface area contributed by atoms with Crippen LogP contribution in [0.2, 0.25) is 0 Å². The molecular weight excluding hydrogens is 390 g/mol. The van der Waals surface area contributed by atoms with Crippen molar-refractivity contribution in [1.82, 2.24) is 10.2 Å². The van der Waals surface area contributed by atoms with Crippen LogP contribution in [0.5, 0.6) is 0 Å². The van der Waals surface area contributed by atoms with E-state index in [1.54, 1.807) is 0 Å². The smallest absolute Gasteiger partial charge is 0.256 e. The largest absolute Gasteiger partial charge is 0.377 e. The summed E-state index contributed by atoms with van der Waals surface area (Å²) in [6, 6.07) is 10.7. The van der Waals surface area contributed by atoms with E-state index in [9.17, 15) is 18.4 Å². The number of carbonyl (C=O) groups excluding carboxylic acids is 2. The van der Waals surface area contributed by atoms with E-state index < -0.39 is 17.5 Å². The first-order chi connectivity index (χ1) is 14.5. The SMILES string of the molecule is CCOCc1ccccc1CNC(=O)C1CCN(C(=O)c2ccc(F)cc2F)CC1. The van der Waals surface area contributed by atoms with Crippen LogP contribution in [0.1, 0.15) is 41.3 Å². The number of hydrogen-bond donors (Lipinski definition) is 1. The molecule has 160 valence electrons. The molecule has 0 aliphatic carbocycles. The number of rotatable bonds is 7. The number of likely N-dealkylation sites (tertiary alicyclic amines) is 1. The summed E-state index contributed by atoms with van der Waals surface area (Å²) in [5.41, 5.74) is 1.91. The Balaban J connectivity index is 1.51. The summed E-state index contributed by atoms with van der Waals surface area (Å²) >= 11 is 0. The van der Waals surface area contributed by atoms with Crippen LogP contribution in [-0.4, -0.2) is 36.4 Å². The minimum atomic E-state index is -0.870. The van der Waals surface area contributed by atoms with Crippen LogP contribution in [-0.2, 0) is 22.7 Å². The quantitative estimate of drug-likeness (QED) is 0.749. The predicted octanol–water partition coefficient (Wildman–Crippen LogP) is 3.67. The van der Waals surface area contributed by atoms with Gasteiger partial charge in [0.2, 0.25) is 5.91 Å². The summed E-state index contributed by atoms with van der Waals surface area (Å²) in [7, 11) is 0. The summed E-state index contributed by atoms with van der Waals surface area (Å²) in [6.45, 7) is 4.19. The molecular formula is C23H26F2N2O3. The molecule has 2 aromatic carbocycles. The lowest BCUT2D eigenvalue weighted by atomic mass is 9.95. The van der Waals surface area contributed by atoms with Gasteiger partial charge in [-0.25, -0.2) is 8.78 Å². The van der Waals surface area contributed by atoms with Crippen molar-refractivity contribution >= 4 is 11.8 Å². The van der Waals surface area contributed by atoms with Gasteiger partial charge in [0.15, 0.2) is 0 Å². The zero-order chi connectivity index (χ0) is 21.5. The van der Waals surface area contributed by atoms with Crippen molar-refractivity contribution in [3.8, 4) is 0 Å². The third kappa shape index (κ3) is 5.42. The molecule has 0 unspecified atom stereocenters. The zero-order valence-electron chi connectivity index (χ0n) is 17.0. The number of ether oxygens (including phenoxy) is 1. The maximum absolute atomic E-state index is 13.9. The summed E-state index contributed by atoms with van der Waals surface area (Å²) in [5.74, 6) is -2.32. The maximum atomic E-state index is 13.9. The molecule has 0 aromatic heterocycles. The van der Waals surface area contributed by atoms with E-state index in [-0.39, 0.29) is 17.4 Å². The maximum Gasteiger partial charge on any atom is 0.256 e. The van der Waals surface area contributed by atoms with Gasteiger partial charge in [-0.2, -0.15) is 0 Å². The fourth-order valence-electron chi connectivity index (χ4n) is 3.59. The van der Waals surface area contributed by atoms with Crippen molar-refractivity contribution in [2.45, 2.75) is 32.9 Å². The van der Waals surface area contributed by atoms with Crippen LogP contribution in [0.4, 0.5) is 8.78 Å². The van der Waals surface area contributed by atoms with Gasteiger partial charge in [0.1, 0.15) is 11.6 Å². The molecule has 0 atom stereocenters. The Bertz CT molecular complexity index is 896. The number of halogens is 2. The molecule has 5 nitrogen and oxygen atoms in total. The number of amides is 2. The molecule has 7 heteroatoms. The van der Waals surface area contributed by atoms with E-state index in [4.69, 9.17) is 4.74 Å². The Morgan fingerprint density at radius 1 is 1.10 bits per heavy atom. The highest BCUT2D eigenvalue weighted by atomic mass is 19.1. The van der Waals surface area contributed by atoms with E-state index >= 15 is 0 Å². The number of piperidine rings is 1. The van der Waals surface area contributed by atoms with Gasteiger partial charge < -0.3 is 15.0 Å². The van der Waals surface area contributed by atoms with Crippen molar-refractivity contribution in [3.63, 3.8) is 0 Å². The van der Waals surface area contributed by atoms with E-state index in [1.807, 2.05) is 31.2 Å². The standard InChI is InChI=1S/C23H26F2N2O3/c1-2-30-15-18-6-4-3-5-17(18)14-26-22(28)16-9-11-27(12-10-16)23(29)20-8-7-19(24)13-21(20)25/h3-8,13,16H,2,9-12,14-15H2,1H3,(H,26,28). The van der Waals surface area contributed by atoms with Gasteiger partial charge in [-0.3, -0.25) is 9.59 Å². The summed E-state index contributed by atoms with van der Waals surface area (Å²) in [6.07, 6.45) is 1.00. The molecule has 2 amide bonds. The second kappa shape index (κ2) is 10.3. The molecule has 0 bridgehead atoms. The molecule has 1 saturated heterocycles. The van der Waals surface area contributed by atoms with Crippen molar-refractivity contribution in [1.29, 1.82) is 0 Å². The van der Waals surface area contributed by atoms with Gasteiger partial charge in [0.25, 0.3) is 5.91 Å². The monoisotopic (exact) mass is 416 g/mol. The van der Waals surface area contributed by atoms with Crippen LogP contribution in [0.25, 0.3) is 0 Å². The van der Waals surface area contributed by atoms with Gasteiger partial charge in [-0.05, 0) is 43.0 Å². The number of benzene rings is 2. The van der Waals surface area contributed by atoms with Gasteiger partial charge in [0, 0.05) is 38.2 Å². The summed E-state index contributed by atoms with van der Waals surface area (Å²) in [4.78, 5) is 26.6. The van der Waals surface area contributed by atoms with Crippen LogP contribution in [0.3, 0.4) is 0 Å². The first-order valence-electron chi connectivity index (χ1n) is 10.2. The van der Waals surface area contributed by atoms with E-state index in [0.29, 0.717) is 51.8 Å². The molecule has 0 saturated carbocycles. The minimum absolute atomic E-state index is 0.0544. The first kappa shape index (κ1) is 21.9. The molecule has 1 heterocycles. The van der Waals surface area contributed by atoms with Gasteiger partial charge in [0.05, 0.1) is 12.2 Å². The fourth-order valence-corrected chi connectivity index (χ4v) is 3.59. The lowest BCUT2D eigenvalue weighted by Crippen LogP contribution is -2.43. The number of nitrogens with zero attached hydrogens (tertiary/aromatic N) is 1. The molecule has 1 N–H and O–H groups in total. The second-order valence-electron chi connectivity index (χ2n) is 7.31. The first-order valence-corrected chi connectivity index (χ1v) is 10.2. The fraction of sp³-hybridized carbons (Fsp3) is 0.391. The van der Waals surface area contributed by atoms with Crippen molar-refractivity contribution in [2.24, 2.45) is 5.92 Å². The Hall–Kier alpha value is -2.80. The molecule has 0 spiro atoms. The van der Waals surface area contributed by atoms with Crippen molar-refractivity contribution in [3.05, 3.63) is 70.8 Å². The Labute approximate surface area is 175 Å². The molecule has 2 aromatic rings. The topological polar surface area (TPSA) is 58.6 Å². The normalized spacial score (nSPS) is 14.6. The lowest BCUT2D eigenvalue weighted by molar-refractivity contribution is -0.126. The molecule has 30 heavy (non-hydrogen) atoms. The Morgan fingerprint density at radius 3 is 2.47 bits per heavy atom. The molecule has 1 aliphatic heterocycles. The van der Waals surface area contributed by atoms with Crippen LogP contribution in [0, 0.1) is 17.6 Å². The van der Waals surface area contributed by atoms with Crippen LogP contribution in [0.15, 0.2) is 42.5 Å². The average molecular weight is 416 g/mol. The number of hydrogen-bond acceptors (Lipinski definition) is 3. The van der Waals surface area contributed by atoms with Crippen molar-refractivity contribution < 1.29 is 23.1 Å². The number of nitrogens with one attached hydrogen (secondary N) is 1. The minimum Gasteiger partial charge on any atom is -0.377 e. The Morgan fingerprint density at radius 2 is 1.80 bits per heavy atom. The van der Waals surface area contributed by atoms with E-state index in [2.05, 4.69) is 5.32 Å². The van der Waals surface area contributed by atoms with Crippen LogP contribution < -0.4 is 5.32 Å². The zero-order valence-corrected chi connectivity index (χ0v) is 17.0. The lowest BCUT2D eigenvalue weighted by Gasteiger charge is -2.31. The van der Waals surface area contributed by atoms with Crippen molar-refractivity contribution in [2.75, 3.05) is 19.7 Å². The van der Waals surface area contributed by atoms with Crippen LogP contribution >= 0.6 is 0 Å². The van der Waals surface area contributed by atoms with Gasteiger partial charge in [-0.15, -0.1) is 0 Å². The van der Waals surface area contributed by atoms with E-state index in [1.165, 1.54) is 4.90 Å². The highest BCUT2D eigenvalue weighted by molar-refractivity contribution is 5.94. The number of carbonyl (C=O) groups is 2. The highest BCUT2D eigenvalue weighted by Gasteiger charge is 2.28. The second-order valence-corrected chi connectivity index (χ2v) is 7.31. The van der Waals surface area contributed by atoms with E-state index in [0.717, 1.165) is 23.3 Å².